The summed E-state index contributed by atoms with van der Waals surface area (Å²) in [5.74, 6) is -0.156. The highest BCUT2D eigenvalue weighted by Gasteiger charge is 2.32. The Kier molecular flexibility index (Phi) is 8.97. The summed E-state index contributed by atoms with van der Waals surface area (Å²) in [6.07, 6.45) is 2.03. The normalized spacial score (nSPS) is 19.1. The van der Waals surface area contributed by atoms with Gasteiger partial charge in [0, 0.05) is 50.2 Å². The Bertz CT molecular complexity index is 1260. The second-order valence-corrected chi connectivity index (χ2v) is 11.1. The van der Waals surface area contributed by atoms with Crippen LogP contribution in [0.1, 0.15) is 29.2 Å². The maximum absolute atomic E-state index is 13.8. The van der Waals surface area contributed by atoms with Crippen molar-refractivity contribution in [1.82, 2.24) is 20.4 Å². The van der Waals surface area contributed by atoms with E-state index in [0.29, 0.717) is 43.5 Å². The van der Waals surface area contributed by atoms with E-state index in [0.717, 1.165) is 25.1 Å². The molecule has 7 heteroatoms. The third-order valence-electron chi connectivity index (χ3n) is 7.99. The van der Waals surface area contributed by atoms with Gasteiger partial charge in [0.2, 0.25) is 11.8 Å². The molecule has 0 saturated carbocycles. The van der Waals surface area contributed by atoms with Crippen molar-refractivity contribution in [2.24, 2.45) is 0 Å². The highest BCUT2D eigenvalue weighted by molar-refractivity contribution is 6.30. The van der Waals surface area contributed by atoms with Gasteiger partial charge in [0.05, 0.1) is 6.04 Å². The largest absolute Gasteiger partial charge is 0.343 e. The lowest BCUT2D eigenvalue weighted by Crippen LogP contribution is -2.59. The summed E-state index contributed by atoms with van der Waals surface area (Å²) >= 11 is 6.09. The molecule has 3 aromatic carbocycles. The van der Waals surface area contributed by atoms with E-state index >= 15 is 0 Å². The van der Waals surface area contributed by atoms with E-state index in [1.165, 1.54) is 16.7 Å². The molecule has 0 spiro atoms. The Morgan fingerprint density at radius 2 is 1.51 bits per heavy atom. The molecule has 5 rings (SSSR count). The van der Waals surface area contributed by atoms with Gasteiger partial charge in [-0.15, -0.1) is 0 Å². The fourth-order valence-electron chi connectivity index (χ4n) is 5.66. The van der Waals surface area contributed by atoms with Crippen molar-refractivity contribution in [2.45, 2.75) is 50.9 Å². The summed E-state index contributed by atoms with van der Waals surface area (Å²) < 4.78 is 0. The molecule has 2 amide bonds. The van der Waals surface area contributed by atoms with Gasteiger partial charge in [0.1, 0.15) is 6.04 Å². The number of fused-ring (bicyclic) bond motifs is 1. The standard InChI is InChI=1S/C32H37ClN4O2/c1-23(19-24-7-3-2-4-8-24)36-15-17-37(18-16-36)32(39)30(20-25-11-13-28(33)14-12-25)35-31(38)29-21-26-9-5-6-10-27(26)22-34-29/h2-14,23,29-30,34H,15-22H2,1H3,(H,35,38). The maximum Gasteiger partial charge on any atom is 0.245 e. The van der Waals surface area contributed by atoms with Gasteiger partial charge in [-0.05, 0) is 54.2 Å². The van der Waals surface area contributed by atoms with E-state index in [1.54, 1.807) is 0 Å². The van der Waals surface area contributed by atoms with Crippen LogP contribution in [0.3, 0.4) is 0 Å². The Labute approximate surface area is 236 Å². The average Bonchev–Trinajstić information content (AvgIpc) is 2.98. The summed E-state index contributed by atoms with van der Waals surface area (Å²) in [7, 11) is 0. The molecule has 1 saturated heterocycles. The van der Waals surface area contributed by atoms with Gasteiger partial charge >= 0.3 is 0 Å². The van der Waals surface area contributed by atoms with Gasteiger partial charge in [0.25, 0.3) is 0 Å². The molecule has 2 aliphatic heterocycles. The van der Waals surface area contributed by atoms with E-state index in [4.69, 9.17) is 11.6 Å². The lowest BCUT2D eigenvalue weighted by molar-refractivity contribution is -0.138. The molecule has 3 unspecified atom stereocenters. The maximum atomic E-state index is 13.8. The SMILES string of the molecule is CC(Cc1ccccc1)N1CCN(C(=O)C(Cc2ccc(Cl)cc2)NC(=O)C2Cc3ccccc3CN2)CC1. The predicted molar refractivity (Wildman–Crippen MR) is 156 cm³/mol. The van der Waals surface area contributed by atoms with Crippen LogP contribution in [0.5, 0.6) is 0 Å². The van der Waals surface area contributed by atoms with E-state index in [9.17, 15) is 9.59 Å². The summed E-state index contributed by atoms with van der Waals surface area (Å²) in [5.41, 5.74) is 4.69. The smallest absolute Gasteiger partial charge is 0.245 e. The van der Waals surface area contributed by atoms with Gasteiger partial charge in [-0.1, -0.05) is 78.3 Å². The molecule has 1 fully saturated rings. The van der Waals surface area contributed by atoms with Crippen molar-refractivity contribution in [1.29, 1.82) is 0 Å². The molecule has 3 aromatic rings. The minimum atomic E-state index is -0.633. The molecule has 2 heterocycles. The molecule has 2 N–H and O–H groups in total. The lowest BCUT2D eigenvalue weighted by Gasteiger charge is -2.39. The van der Waals surface area contributed by atoms with Crippen LogP contribution in [0.4, 0.5) is 0 Å². The van der Waals surface area contributed by atoms with Crippen molar-refractivity contribution in [2.75, 3.05) is 26.2 Å². The Hall–Kier alpha value is -3.19. The molecule has 0 bridgehead atoms. The van der Waals surface area contributed by atoms with E-state index in [1.807, 2.05) is 47.4 Å². The Morgan fingerprint density at radius 3 is 2.23 bits per heavy atom. The number of hydrogen-bond acceptors (Lipinski definition) is 4. The van der Waals surface area contributed by atoms with Crippen LogP contribution in [0.2, 0.25) is 5.02 Å². The molecule has 2 aliphatic rings. The van der Waals surface area contributed by atoms with Gasteiger partial charge < -0.3 is 15.5 Å². The number of rotatable bonds is 8. The fourth-order valence-corrected chi connectivity index (χ4v) is 5.78. The third kappa shape index (κ3) is 7.07. The van der Waals surface area contributed by atoms with Crippen molar-refractivity contribution < 1.29 is 9.59 Å². The van der Waals surface area contributed by atoms with Crippen LogP contribution < -0.4 is 10.6 Å². The second-order valence-electron chi connectivity index (χ2n) is 10.7. The summed E-state index contributed by atoms with van der Waals surface area (Å²) in [5, 5.41) is 7.10. The van der Waals surface area contributed by atoms with Gasteiger partial charge in [-0.25, -0.2) is 0 Å². The molecule has 6 nitrogen and oxygen atoms in total. The summed E-state index contributed by atoms with van der Waals surface area (Å²) in [6, 6.07) is 25.6. The Morgan fingerprint density at radius 1 is 0.872 bits per heavy atom. The second kappa shape index (κ2) is 12.8. The van der Waals surface area contributed by atoms with E-state index in [2.05, 4.69) is 58.9 Å². The minimum Gasteiger partial charge on any atom is -0.343 e. The molecular weight excluding hydrogens is 508 g/mol. The molecule has 204 valence electrons. The van der Waals surface area contributed by atoms with Crippen LogP contribution in [0.25, 0.3) is 0 Å². The first-order valence-electron chi connectivity index (χ1n) is 13.9. The average molecular weight is 545 g/mol. The van der Waals surface area contributed by atoms with Crippen molar-refractivity contribution >= 4 is 23.4 Å². The number of amides is 2. The lowest BCUT2D eigenvalue weighted by atomic mass is 9.95. The zero-order valence-corrected chi connectivity index (χ0v) is 23.2. The number of benzene rings is 3. The highest BCUT2D eigenvalue weighted by atomic mass is 35.5. The van der Waals surface area contributed by atoms with E-state index in [-0.39, 0.29) is 17.9 Å². The molecule has 0 aromatic heterocycles. The Balaban J connectivity index is 1.23. The van der Waals surface area contributed by atoms with Gasteiger partial charge in [0.15, 0.2) is 0 Å². The molecule has 0 radical (unpaired) electrons. The monoisotopic (exact) mass is 544 g/mol. The number of hydrogen-bond donors (Lipinski definition) is 2. The summed E-state index contributed by atoms with van der Waals surface area (Å²) in [4.78, 5) is 31.6. The highest BCUT2D eigenvalue weighted by Crippen LogP contribution is 2.18. The predicted octanol–water partition coefficient (Wildman–Crippen LogP) is 3.86. The summed E-state index contributed by atoms with van der Waals surface area (Å²) in [6.45, 7) is 5.85. The zero-order chi connectivity index (χ0) is 27.2. The van der Waals surface area contributed by atoms with Crippen molar-refractivity contribution in [3.63, 3.8) is 0 Å². The first kappa shape index (κ1) is 27.4. The van der Waals surface area contributed by atoms with E-state index < -0.39 is 6.04 Å². The van der Waals surface area contributed by atoms with Gasteiger partial charge in [-0.3, -0.25) is 14.5 Å². The van der Waals surface area contributed by atoms with Gasteiger partial charge in [-0.2, -0.15) is 0 Å². The fraction of sp³-hybridized carbons (Fsp3) is 0.375. The van der Waals surface area contributed by atoms with Crippen LogP contribution in [0.15, 0.2) is 78.9 Å². The zero-order valence-electron chi connectivity index (χ0n) is 22.5. The topological polar surface area (TPSA) is 64.7 Å². The number of nitrogens with one attached hydrogen (secondary N) is 2. The quantitative estimate of drug-likeness (QED) is 0.452. The molecule has 0 aliphatic carbocycles. The van der Waals surface area contributed by atoms with Crippen LogP contribution in [-0.2, 0) is 35.4 Å². The van der Waals surface area contributed by atoms with Crippen LogP contribution >= 0.6 is 11.6 Å². The first-order valence-corrected chi connectivity index (χ1v) is 14.3. The minimum absolute atomic E-state index is 0.0233. The number of halogens is 1. The van der Waals surface area contributed by atoms with Crippen molar-refractivity contribution in [3.05, 3.63) is 106 Å². The number of piperazine rings is 1. The van der Waals surface area contributed by atoms with Crippen LogP contribution in [-0.4, -0.2) is 65.9 Å². The van der Waals surface area contributed by atoms with Crippen LogP contribution in [0, 0.1) is 0 Å². The number of carbonyl (C=O) groups excluding carboxylic acids is 2. The molecule has 3 atom stereocenters. The third-order valence-corrected chi connectivity index (χ3v) is 8.24. The molecule has 39 heavy (non-hydrogen) atoms. The first-order chi connectivity index (χ1) is 19.0. The molecular formula is C32H37ClN4O2. The van der Waals surface area contributed by atoms with Crippen molar-refractivity contribution in [3.8, 4) is 0 Å². The number of nitrogens with zero attached hydrogens (tertiary/aromatic N) is 2. The number of carbonyl (C=O) groups is 2.